The number of rotatable bonds is 8. The Morgan fingerprint density at radius 1 is 1.17 bits per heavy atom. The molecule has 0 radical (unpaired) electrons. The van der Waals surface area contributed by atoms with Gasteiger partial charge >= 0.3 is 18.0 Å². The number of carbonyl (C=O) groups excluding carboxylic acids is 3. The van der Waals surface area contributed by atoms with Crippen molar-refractivity contribution < 1.29 is 33.8 Å². The third-order valence-electron chi connectivity index (χ3n) is 2.22. The average Bonchev–Trinajstić information content (AvgIpc) is 2.39. The van der Waals surface area contributed by atoms with Crippen LogP contribution in [0, 0.1) is 0 Å². The van der Waals surface area contributed by atoms with Gasteiger partial charge in [0.2, 0.25) is 0 Å². The highest BCUT2D eigenvalue weighted by atomic mass is 32.2. The molecule has 23 heavy (non-hydrogen) atoms. The monoisotopic (exact) mass is 349 g/mol. The highest BCUT2D eigenvalue weighted by molar-refractivity contribution is 8.13. The normalized spacial score (nSPS) is 12.2. The predicted octanol–water partition coefficient (Wildman–Crippen LogP) is 1.57. The maximum atomic E-state index is 11.8. The van der Waals surface area contributed by atoms with Crippen molar-refractivity contribution >= 4 is 34.9 Å². The first kappa shape index (κ1) is 21.2. The van der Waals surface area contributed by atoms with Gasteiger partial charge in [0.15, 0.2) is 5.12 Å². The lowest BCUT2D eigenvalue weighted by Gasteiger charge is -2.22. The van der Waals surface area contributed by atoms with Crippen LogP contribution in [-0.4, -0.2) is 52.3 Å². The molecule has 0 aromatic rings. The number of aliphatic carboxylic acids is 1. The van der Waals surface area contributed by atoms with Gasteiger partial charge in [-0.1, -0.05) is 11.8 Å². The third kappa shape index (κ3) is 11.5. The molecule has 0 aliphatic rings. The Balaban J connectivity index is 4.57. The van der Waals surface area contributed by atoms with Crippen molar-refractivity contribution in [2.24, 2.45) is 0 Å². The minimum atomic E-state index is -1.08. The second-order valence-corrected chi connectivity index (χ2v) is 6.60. The van der Waals surface area contributed by atoms with E-state index >= 15 is 0 Å². The summed E-state index contributed by atoms with van der Waals surface area (Å²) in [6.07, 6.45) is -1.23. The molecule has 2 N–H and O–H groups in total. The molecule has 0 spiro atoms. The quantitative estimate of drug-likeness (QED) is 0.634. The Bertz CT molecular complexity index is 445. The molecular formula is C14H23NO7S. The number of amides is 1. The summed E-state index contributed by atoms with van der Waals surface area (Å²) in [5, 5.41) is 10.5. The van der Waals surface area contributed by atoms with Crippen LogP contribution in [0.1, 0.15) is 40.5 Å². The summed E-state index contributed by atoms with van der Waals surface area (Å²) in [7, 11) is 0. The second kappa shape index (κ2) is 10.1. The molecular weight excluding hydrogens is 326 g/mol. The highest BCUT2D eigenvalue weighted by Gasteiger charge is 2.26. The fourth-order valence-electron chi connectivity index (χ4n) is 1.32. The molecule has 0 saturated heterocycles. The molecule has 8 nitrogen and oxygen atoms in total. The molecule has 0 heterocycles. The molecule has 1 unspecified atom stereocenters. The third-order valence-corrected chi connectivity index (χ3v) is 3.24. The summed E-state index contributed by atoms with van der Waals surface area (Å²) in [6.45, 7) is 6.78. The average molecular weight is 349 g/mol. The van der Waals surface area contributed by atoms with Gasteiger partial charge in [-0.3, -0.25) is 9.59 Å². The zero-order valence-electron chi connectivity index (χ0n) is 13.7. The molecule has 0 rings (SSSR count). The molecule has 0 aliphatic heterocycles. The molecule has 0 aliphatic carbocycles. The van der Waals surface area contributed by atoms with Crippen LogP contribution in [0.15, 0.2) is 0 Å². The van der Waals surface area contributed by atoms with Crippen LogP contribution in [0.2, 0.25) is 0 Å². The van der Waals surface area contributed by atoms with Crippen LogP contribution in [0.5, 0.6) is 0 Å². The Kier molecular flexibility index (Phi) is 9.31. The van der Waals surface area contributed by atoms with E-state index in [9.17, 15) is 19.2 Å². The van der Waals surface area contributed by atoms with Gasteiger partial charge in [0.05, 0.1) is 13.0 Å². The summed E-state index contributed by atoms with van der Waals surface area (Å²) in [5.41, 5.74) is -0.728. The SMILES string of the molecule is CCOC(=O)C(CSC(=O)CCC(=O)O)NC(=O)OC(C)(C)C. The van der Waals surface area contributed by atoms with Gasteiger partial charge in [-0.05, 0) is 27.7 Å². The smallest absolute Gasteiger partial charge is 0.408 e. The molecule has 9 heteroatoms. The van der Waals surface area contributed by atoms with Crippen molar-refractivity contribution in [3.05, 3.63) is 0 Å². The van der Waals surface area contributed by atoms with Crippen LogP contribution in [0.3, 0.4) is 0 Å². The van der Waals surface area contributed by atoms with Gasteiger partial charge in [0.1, 0.15) is 11.6 Å². The van der Waals surface area contributed by atoms with Crippen LogP contribution in [-0.2, 0) is 23.9 Å². The molecule has 1 amide bonds. The summed E-state index contributed by atoms with van der Waals surface area (Å²) in [5.74, 6) is -1.82. The highest BCUT2D eigenvalue weighted by Crippen LogP contribution is 2.12. The molecule has 132 valence electrons. The first-order valence-electron chi connectivity index (χ1n) is 7.08. The van der Waals surface area contributed by atoms with Gasteiger partial charge in [-0.25, -0.2) is 9.59 Å². The van der Waals surface area contributed by atoms with Crippen molar-refractivity contribution in [2.75, 3.05) is 12.4 Å². The molecule has 1 atom stereocenters. The van der Waals surface area contributed by atoms with Gasteiger partial charge in [-0.2, -0.15) is 0 Å². The zero-order valence-corrected chi connectivity index (χ0v) is 14.5. The van der Waals surface area contributed by atoms with Crippen LogP contribution in [0.4, 0.5) is 4.79 Å². The van der Waals surface area contributed by atoms with E-state index in [1.807, 2.05) is 0 Å². The minimum Gasteiger partial charge on any atom is -0.481 e. The maximum absolute atomic E-state index is 11.8. The Morgan fingerprint density at radius 2 is 1.78 bits per heavy atom. The molecule has 0 fully saturated rings. The second-order valence-electron chi connectivity index (χ2n) is 5.53. The fraction of sp³-hybridized carbons (Fsp3) is 0.714. The van der Waals surface area contributed by atoms with Crippen molar-refractivity contribution in [2.45, 2.75) is 52.2 Å². The Morgan fingerprint density at radius 3 is 2.26 bits per heavy atom. The number of esters is 1. The van der Waals surface area contributed by atoms with Crippen LogP contribution in [0.25, 0.3) is 0 Å². The molecule has 0 saturated carbocycles. The summed E-state index contributed by atoms with van der Waals surface area (Å²) in [4.78, 5) is 45.5. The number of alkyl carbamates (subject to hydrolysis) is 1. The van der Waals surface area contributed by atoms with Gasteiger partial charge in [0.25, 0.3) is 0 Å². The summed E-state index contributed by atoms with van der Waals surface area (Å²) >= 11 is 0.767. The van der Waals surface area contributed by atoms with Crippen molar-refractivity contribution in [1.82, 2.24) is 5.32 Å². The number of carbonyl (C=O) groups is 4. The zero-order chi connectivity index (χ0) is 18.0. The predicted molar refractivity (Wildman–Crippen MR) is 84.1 cm³/mol. The van der Waals surface area contributed by atoms with E-state index in [0.29, 0.717) is 0 Å². The van der Waals surface area contributed by atoms with E-state index in [2.05, 4.69) is 5.32 Å². The van der Waals surface area contributed by atoms with Gasteiger partial charge < -0.3 is 19.9 Å². The van der Waals surface area contributed by atoms with Gasteiger partial charge in [0, 0.05) is 12.2 Å². The van der Waals surface area contributed by atoms with Crippen LogP contribution >= 0.6 is 11.8 Å². The Hall–Kier alpha value is -1.77. The number of carboxylic acids is 1. The van der Waals surface area contributed by atoms with E-state index in [1.54, 1.807) is 27.7 Å². The molecule has 0 aromatic heterocycles. The number of carboxylic acid groups (broad SMARTS) is 1. The summed E-state index contributed by atoms with van der Waals surface area (Å²) in [6, 6.07) is -1.05. The largest absolute Gasteiger partial charge is 0.481 e. The number of ether oxygens (including phenoxy) is 2. The Labute approximate surface area is 139 Å². The van der Waals surface area contributed by atoms with Crippen molar-refractivity contribution in [1.29, 1.82) is 0 Å². The first-order chi connectivity index (χ1) is 10.5. The molecule has 0 aromatic carbocycles. The lowest BCUT2D eigenvalue weighted by Crippen LogP contribution is -2.46. The topological polar surface area (TPSA) is 119 Å². The summed E-state index contributed by atoms with van der Waals surface area (Å²) < 4.78 is 9.89. The maximum Gasteiger partial charge on any atom is 0.408 e. The van der Waals surface area contributed by atoms with Gasteiger partial charge in [-0.15, -0.1) is 0 Å². The van der Waals surface area contributed by atoms with Crippen molar-refractivity contribution in [3.63, 3.8) is 0 Å². The van der Waals surface area contributed by atoms with E-state index in [1.165, 1.54) is 0 Å². The lowest BCUT2D eigenvalue weighted by atomic mass is 10.2. The fourth-order valence-corrected chi connectivity index (χ4v) is 2.14. The first-order valence-corrected chi connectivity index (χ1v) is 8.07. The van der Waals surface area contributed by atoms with E-state index in [4.69, 9.17) is 14.6 Å². The van der Waals surface area contributed by atoms with Crippen molar-refractivity contribution in [3.8, 4) is 0 Å². The number of nitrogens with one attached hydrogen (secondary N) is 1. The standard InChI is InChI=1S/C14H23NO7S/c1-5-21-12(19)9(15-13(20)22-14(2,3)4)8-23-11(18)7-6-10(16)17/h9H,5-8H2,1-4H3,(H,15,20)(H,16,17). The molecule has 0 bridgehead atoms. The minimum absolute atomic E-state index is 0.0590. The van der Waals surface area contributed by atoms with E-state index in [0.717, 1.165) is 11.8 Å². The number of hydrogen-bond donors (Lipinski definition) is 2. The van der Waals surface area contributed by atoms with E-state index < -0.39 is 29.7 Å². The lowest BCUT2D eigenvalue weighted by molar-refractivity contribution is -0.145. The van der Waals surface area contributed by atoms with E-state index in [-0.39, 0.29) is 30.3 Å². The van der Waals surface area contributed by atoms with Crippen LogP contribution < -0.4 is 5.32 Å². The number of thioether (sulfide) groups is 1. The number of hydrogen-bond acceptors (Lipinski definition) is 7.